The number of nitrogens with zero attached hydrogens (tertiary/aromatic N) is 3. The second-order valence-electron chi connectivity index (χ2n) is 8.22. The Bertz CT molecular complexity index is 1020. The van der Waals surface area contributed by atoms with Crippen LogP contribution in [0.3, 0.4) is 0 Å². The number of aliphatic hydroxyl groups is 1. The van der Waals surface area contributed by atoms with Crippen molar-refractivity contribution in [3.05, 3.63) is 65.6 Å². The van der Waals surface area contributed by atoms with Crippen LogP contribution >= 0.6 is 0 Å². The number of hydrogen-bond acceptors (Lipinski definition) is 5. The number of carbonyl (C=O) groups is 2. The van der Waals surface area contributed by atoms with Gasteiger partial charge in [0, 0.05) is 39.5 Å². The molecule has 0 bridgehead atoms. The molecule has 1 fully saturated rings. The number of anilines is 2. The Morgan fingerprint density at radius 1 is 1.03 bits per heavy atom. The molecule has 2 aromatic carbocycles. The minimum absolute atomic E-state index is 0.0352. The lowest BCUT2D eigenvalue weighted by molar-refractivity contribution is -0.120. The zero-order chi connectivity index (χ0) is 22.1. The van der Waals surface area contributed by atoms with Crippen LogP contribution in [-0.4, -0.2) is 55.6 Å². The molecular formula is C24H26FN3O3. The van der Waals surface area contributed by atoms with Gasteiger partial charge in [0.1, 0.15) is 11.5 Å². The van der Waals surface area contributed by atoms with E-state index in [9.17, 15) is 19.1 Å². The second-order valence-corrected chi connectivity index (χ2v) is 8.22. The molecular weight excluding hydrogens is 397 g/mol. The van der Waals surface area contributed by atoms with E-state index < -0.39 is 11.7 Å². The van der Waals surface area contributed by atoms with Crippen molar-refractivity contribution in [2.75, 3.05) is 43.6 Å². The first-order valence-electron chi connectivity index (χ1n) is 10.4. The number of piperidine rings is 1. The fourth-order valence-electron chi connectivity index (χ4n) is 4.24. The Kier molecular flexibility index (Phi) is 5.78. The SMILES string of the molecule is CN(C)c1ccc(N2C(=O)C(c3ccc(F)cc3)=C(N3CCCC(CO)C3)C2=O)cc1. The molecule has 2 aliphatic rings. The molecule has 0 aromatic heterocycles. The predicted octanol–water partition coefficient (Wildman–Crippen LogP) is 2.88. The van der Waals surface area contributed by atoms with Gasteiger partial charge in [-0.05, 0) is 60.7 Å². The lowest BCUT2D eigenvalue weighted by atomic mass is 9.97. The molecule has 31 heavy (non-hydrogen) atoms. The first kappa shape index (κ1) is 21.1. The van der Waals surface area contributed by atoms with Crippen LogP contribution in [0.15, 0.2) is 54.2 Å². The van der Waals surface area contributed by atoms with Gasteiger partial charge < -0.3 is 14.9 Å². The van der Waals surface area contributed by atoms with E-state index in [-0.39, 0.29) is 24.0 Å². The average molecular weight is 423 g/mol. The van der Waals surface area contributed by atoms with E-state index in [1.54, 1.807) is 12.1 Å². The zero-order valence-electron chi connectivity index (χ0n) is 17.7. The molecule has 0 saturated carbocycles. The monoisotopic (exact) mass is 423 g/mol. The standard InChI is InChI=1S/C24H26FN3O3/c1-26(2)19-9-11-20(12-10-19)28-23(30)21(17-5-7-18(25)8-6-17)22(24(28)31)27-13-3-4-16(14-27)15-29/h5-12,16,29H,3-4,13-15H2,1-2H3. The molecule has 2 aliphatic heterocycles. The molecule has 0 spiro atoms. The molecule has 4 rings (SSSR count). The van der Waals surface area contributed by atoms with E-state index in [0.717, 1.165) is 18.5 Å². The number of carbonyl (C=O) groups excluding carboxylic acids is 2. The molecule has 2 amide bonds. The van der Waals surface area contributed by atoms with Gasteiger partial charge in [0.25, 0.3) is 11.8 Å². The highest BCUT2D eigenvalue weighted by Crippen LogP contribution is 2.36. The number of benzene rings is 2. The summed E-state index contributed by atoms with van der Waals surface area (Å²) in [5.41, 5.74) is 2.56. The van der Waals surface area contributed by atoms with Gasteiger partial charge in [-0.3, -0.25) is 9.59 Å². The minimum atomic E-state index is -0.421. The number of likely N-dealkylation sites (tertiary alicyclic amines) is 1. The third kappa shape index (κ3) is 3.93. The molecule has 2 heterocycles. The number of imide groups is 1. The third-order valence-electron chi connectivity index (χ3n) is 5.91. The van der Waals surface area contributed by atoms with E-state index in [0.29, 0.717) is 30.0 Å². The molecule has 0 aliphatic carbocycles. The Balaban J connectivity index is 1.77. The summed E-state index contributed by atoms with van der Waals surface area (Å²) in [6.07, 6.45) is 1.70. The van der Waals surface area contributed by atoms with Crippen LogP contribution in [0.25, 0.3) is 5.57 Å². The number of aliphatic hydroxyl groups excluding tert-OH is 1. The van der Waals surface area contributed by atoms with Gasteiger partial charge >= 0.3 is 0 Å². The highest BCUT2D eigenvalue weighted by atomic mass is 19.1. The normalized spacial score (nSPS) is 19.4. The van der Waals surface area contributed by atoms with E-state index in [1.165, 1.54) is 29.2 Å². The first-order chi connectivity index (χ1) is 14.9. The topological polar surface area (TPSA) is 64.1 Å². The maximum absolute atomic E-state index is 13.5. The lowest BCUT2D eigenvalue weighted by Gasteiger charge is -2.34. The van der Waals surface area contributed by atoms with Crippen LogP contribution in [0.1, 0.15) is 18.4 Å². The Morgan fingerprint density at radius 3 is 2.32 bits per heavy atom. The average Bonchev–Trinajstić information content (AvgIpc) is 3.04. The highest BCUT2D eigenvalue weighted by molar-refractivity contribution is 6.45. The maximum Gasteiger partial charge on any atom is 0.282 e. The summed E-state index contributed by atoms with van der Waals surface area (Å²) in [4.78, 5) is 32.1. The van der Waals surface area contributed by atoms with Gasteiger partial charge in [-0.15, -0.1) is 0 Å². The number of rotatable bonds is 5. The van der Waals surface area contributed by atoms with Gasteiger partial charge in [-0.1, -0.05) is 12.1 Å². The van der Waals surface area contributed by atoms with Crippen molar-refractivity contribution in [1.82, 2.24) is 4.90 Å². The number of amides is 2. The first-order valence-corrected chi connectivity index (χ1v) is 10.4. The Morgan fingerprint density at radius 2 is 1.71 bits per heavy atom. The van der Waals surface area contributed by atoms with Crippen molar-refractivity contribution in [1.29, 1.82) is 0 Å². The molecule has 1 unspecified atom stereocenters. The predicted molar refractivity (Wildman–Crippen MR) is 118 cm³/mol. The largest absolute Gasteiger partial charge is 0.396 e. The van der Waals surface area contributed by atoms with Crippen molar-refractivity contribution in [2.45, 2.75) is 12.8 Å². The van der Waals surface area contributed by atoms with Crippen molar-refractivity contribution in [3.8, 4) is 0 Å². The Labute approximate surface area is 181 Å². The molecule has 6 nitrogen and oxygen atoms in total. The van der Waals surface area contributed by atoms with Crippen LogP contribution in [-0.2, 0) is 9.59 Å². The van der Waals surface area contributed by atoms with Gasteiger partial charge in [0.15, 0.2) is 0 Å². The van der Waals surface area contributed by atoms with E-state index >= 15 is 0 Å². The fraction of sp³-hybridized carbons (Fsp3) is 0.333. The van der Waals surface area contributed by atoms with Gasteiger partial charge in [-0.25, -0.2) is 9.29 Å². The van der Waals surface area contributed by atoms with Crippen molar-refractivity contribution < 1.29 is 19.1 Å². The van der Waals surface area contributed by atoms with Crippen molar-refractivity contribution >= 4 is 28.8 Å². The third-order valence-corrected chi connectivity index (χ3v) is 5.91. The summed E-state index contributed by atoms with van der Waals surface area (Å²) in [6, 6.07) is 12.9. The fourth-order valence-corrected chi connectivity index (χ4v) is 4.24. The molecule has 2 aromatic rings. The summed E-state index contributed by atoms with van der Waals surface area (Å²) < 4.78 is 13.5. The van der Waals surface area contributed by atoms with Crippen molar-refractivity contribution in [3.63, 3.8) is 0 Å². The minimum Gasteiger partial charge on any atom is -0.396 e. The summed E-state index contributed by atoms with van der Waals surface area (Å²) in [5.74, 6) is -1.17. The van der Waals surface area contributed by atoms with Crippen LogP contribution < -0.4 is 9.80 Å². The van der Waals surface area contributed by atoms with Gasteiger partial charge in [0.2, 0.25) is 0 Å². The highest BCUT2D eigenvalue weighted by Gasteiger charge is 2.43. The number of halogens is 1. The summed E-state index contributed by atoms with van der Waals surface area (Å²) in [5, 5.41) is 9.63. The van der Waals surface area contributed by atoms with Crippen LogP contribution in [0.2, 0.25) is 0 Å². The van der Waals surface area contributed by atoms with Crippen LogP contribution in [0, 0.1) is 11.7 Å². The molecule has 1 saturated heterocycles. The number of hydrogen-bond donors (Lipinski definition) is 1. The molecule has 7 heteroatoms. The lowest BCUT2D eigenvalue weighted by Crippen LogP contribution is -2.40. The van der Waals surface area contributed by atoms with E-state index in [1.807, 2.05) is 36.0 Å². The molecule has 0 radical (unpaired) electrons. The maximum atomic E-state index is 13.5. The summed E-state index contributed by atoms with van der Waals surface area (Å²) in [7, 11) is 3.84. The van der Waals surface area contributed by atoms with Gasteiger partial charge in [-0.2, -0.15) is 0 Å². The van der Waals surface area contributed by atoms with Gasteiger partial charge in [0.05, 0.1) is 11.3 Å². The van der Waals surface area contributed by atoms with Crippen LogP contribution in [0.5, 0.6) is 0 Å². The quantitative estimate of drug-likeness (QED) is 0.750. The Hall–Kier alpha value is -3.19. The summed E-state index contributed by atoms with van der Waals surface area (Å²) in [6.45, 7) is 1.17. The molecule has 1 atom stereocenters. The molecule has 162 valence electrons. The van der Waals surface area contributed by atoms with Crippen LogP contribution in [0.4, 0.5) is 15.8 Å². The van der Waals surface area contributed by atoms with E-state index in [2.05, 4.69) is 0 Å². The molecule has 1 N–H and O–H groups in total. The second kappa shape index (κ2) is 8.51. The van der Waals surface area contributed by atoms with E-state index in [4.69, 9.17) is 0 Å². The zero-order valence-corrected chi connectivity index (χ0v) is 17.7. The summed E-state index contributed by atoms with van der Waals surface area (Å²) >= 11 is 0. The van der Waals surface area contributed by atoms with Crippen molar-refractivity contribution in [2.24, 2.45) is 5.92 Å². The smallest absolute Gasteiger partial charge is 0.282 e.